The molecule has 1 aliphatic rings. The summed E-state index contributed by atoms with van der Waals surface area (Å²) in [6.45, 7) is 3.57. The van der Waals surface area contributed by atoms with Gasteiger partial charge < -0.3 is 14.3 Å². The van der Waals surface area contributed by atoms with Gasteiger partial charge in [-0.15, -0.1) is 10.2 Å². The molecule has 2 atom stereocenters. The fourth-order valence-corrected chi connectivity index (χ4v) is 3.26. The first-order chi connectivity index (χ1) is 11.7. The van der Waals surface area contributed by atoms with Crippen molar-refractivity contribution in [2.75, 3.05) is 13.7 Å². The number of hydrogen-bond donors (Lipinski definition) is 1. The highest BCUT2D eigenvalue weighted by Crippen LogP contribution is 2.25. The minimum absolute atomic E-state index is 0.181. The molecule has 2 heterocycles. The lowest BCUT2D eigenvalue weighted by Crippen LogP contribution is -2.46. The molecule has 0 saturated carbocycles. The Morgan fingerprint density at radius 1 is 1.29 bits per heavy atom. The van der Waals surface area contributed by atoms with Crippen molar-refractivity contribution in [1.82, 2.24) is 15.1 Å². The number of hydrogen-bond acceptors (Lipinski definition) is 6. The Bertz CT molecular complexity index is 641. The third-order valence-electron chi connectivity index (χ3n) is 4.67. The van der Waals surface area contributed by atoms with Gasteiger partial charge in [0.1, 0.15) is 5.75 Å². The Balaban J connectivity index is 1.70. The molecule has 1 aliphatic heterocycles. The quantitative estimate of drug-likeness (QED) is 0.877. The summed E-state index contributed by atoms with van der Waals surface area (Å²) in [7, 11) is 1.64. The van der Waals surface area contributed by atoms with Crippen LogP contribution in [0.2, 0.25) is 0 Å². The minimum atomic E-state index is -0.297. The second kappa shape index (κ2) is 7.77. The zero-order chi connectivity index (χ0) is 16.9. The van der Waals surface area contributed by atoms with Crippen LogP contribution >= 0.6 is 0 Å². The number of likely N-dealkylation sites (tertiary alicyclic amines) is 1. The van der Waals surface area contributed by atoms with E-state index in [2.05, 4.69) is 15.1 Å². The van der Waals surface area contributed by atoms with Crippen LogP contribution < -0.4 is 4.74 Å². The van der Waals surface area contributed by atoms with Gasteiger partial charge in [-0.05, 0) is 50.1 Å². The number of nitrogens with zero attached hydrogens (tertiary/aromatic N) is 3. The van der Waals surface area contributed by atoms with Gasteiger partial charge in [-0.2, -0.15) is 0 Å². The summed E-state index contributed by atoms with van der Waals surface area (Å²) >= 11 is 0. The van der Waals surface area contributed by atoms with E-state index in [-0.39, 0.29) is 12.1 Å². The molecule has 24 heavy (non-hydrogen) atoms. The van der Waals surface area contributed by atoms with Crippen LogP contribution in [0, 0.1) is 0 Å². The number of aromatic nitrogens is 2. The maximum Gasteiger partial charge on any atom is 0.247 e. The molecule has 2 aromatic rings. The predicted octanol–water partition coefficient (Wildman–Crippen LogP) is 2.87. The van der Waals surface area contributed by atoms with Crippen molar-refractivity contribution in [3.8, 4) is 17.2 Å². The summed E-state index contributed by atoms with van der Waals surface area (Å²) in [6.07, 6.45) is 3.80. The van der Waals surface area contributed by atoms with Crippen molar-refractivity contribution in [3.05, 3.63) is 30.2 Å². The van der Waals surface area contributed by atoms with Gasteiger partial charge in [0.05, 0.1) is 19.8 Å². The summed E-state index contributed by atoms with van der Waals surface area (Å²) in [5, 5.41) is 18.6. The molecule has 1 aromatic heterocycles. The summed E-state index contributed by atoms with van der Waals surface area (Å²) in [5.41, 5.74) is 0.873. The minimum Gasteiger partial charge on any atom is -0.497 e. The first kappa shape index (κ1) is 16.9. The Labute approximate surface area is 142 Å². The van der Waals surface area contributed by atoms with Crippen molar-refractivity contribution in [2.45, 2.75) is 51.3 Å². The smallest absolute Gasteiger partial charge is 0.247 e. The van der Waals surface area contributed by atoms with Crippen LogP contribution in [0.15, 0.2) is 28.7 Å². The lowest BCUT2D eigenvalue weighted by molar-refractivity contribution is 0.0155. The average Bonchev–Trinajstić information content (AvgIpc) is 3.10. The molecule has 2 unspecified atom stereocenters. The summed E-state index contributed by atoms with van der Waals surface area (Å²) in [6, 6.07) is 7.73. The molecule has 0 spiro atoms. The van der Waals surface area contributed by atoms with E-state index in [0.717, 1.165) is 37.1 Å². The van der Waals surface area contributed by atoms with Crippen molar-refractivity contribution < 1.29 is 14.3 Å². The summed E-state index contributed by atoms with van der Waals surface area (Å²) < 4.78 is 11.0. The molecule has 130 valence electrons. The molecule has 0 aliphatic carbocycles. The zero-order valence-electron chi connectivity index (χ0n) is 14.3. The first-order valence-electron chi connectivity index (χ1n) is 8.60. The van der Waals surface area contributed by atoms with Gasteiger partial charge >= 0.3 is 0 Å². The standard InChI is InChI=1S/C18H25N3O3/c1-3-16(22)15-6-4-5-11-21(15)12-17-19-20-18(24-17)13-7-9-14(23-2)10-8-13/h7-10,15-16,22H,3-6,11-12H2,1-2H3. The highest BCUT2D eigenvalue weighted by molar-refractivity contribution is 5.53. The number of rotatable bonds is 6. The molecule has 6 heteroatoms. The largest absolute Gasteiger partial charge is 0.497 e. The van der Waals surface area contributed by atoms with E-state index in [1.54, 1.807) is 7.11 Å². The number of benzene rings is 1. The molecule has 1 saturated heterocycles. The summed E-state index contributed by atoms with van der Waals surface area (Å²) in [5.74, 6) is 1.90. The maximum absolute atomic E-state index is 10.2. The highest BCUT2D eigenvalue weighted by Gasteiger charge is 2.29. The third kappa shape index (κ3) is 3.76. The molecule has 1 fully saturated rings. The Hall–Kier alpha value is -1.92. The van der Waals surface area contributed by atoms with E-state index in [1.165, 1.54) is 6.42 Å². The topological polar surface area (TPSA) is 71.6 Å². The van der Waals surface area contributed by atoms with Crippen LogP contribution in [0.1, 0.15) is 38.5 Å². The Kier molecular flexibility index (Phi) is 5.48. The van der Waals surface area contributed by atoms with Crippen molar-refractivity contribution >= 4 is 0 Å². The average molecular weight is 331 g/mol. The van der Waals surface area contributed by atoms with Crippen LogP contribution in [0.25, 0.3) is 11.5 Å². The van der Waals surface area contributed by atoms with E-state index in [0.29, 0.717) is 18.3 Å². The van der Waals surface area contributed by atoms with Crippen LogP contribution in [0.5, 0.6) is 5.75 Å². The monoisotopic (exact) mass is 331 g/mol. The number of piperidine rings is 1. The van der Waals surface area contributed by atoms with E-state index >= 15 is 0 Å². The number of aliphatic hydroxyl groups is 1. The first-order valence-corrected chi connectivity index (χ1v) is 8.60. The van der Waals surface area contributed by atoms with Gasteiger partial charge in [0.2, 0.25) is 11.8 Å². The van der Waals surface area contributed by atoms with E-state index in [1.807, 2.05) is 31.2 Å². The van der Waals surface area contributed by atoms with Gasteiger partial charge in [-0.3, -0.25) is 4.90 Å². The van der Waals surface area contributed by atoms with Gasteiger partial charge in [0.15, 0.2) is 0 Å². The van der Waals surface area contributed by atoms with Gasteiger partial charge in [-0.1, -0.05) is 13.3 Å². The number of aliphatic hydroxyl groups excluding tert-OH is 1. The molecule has 6 nitrogen and oxygen atoms in total. The molecular formula is C18H25N3O3. The van der Waals surface area contributed by atoms with Gasteiger partial charge in [0, 0.05) is 11.6 Å². The Morgan fingerprint density at radius 3 is 2.79 bits per heavy atom. The Morgan fingerprint density at radius 2 is 2.08 bits per heavy atom. The number of methoxy groups -OCH3 is 1. The lowest BCUT2D eigenvalue weighted by atomic mass is 9.96. The van der Waals surface area contributed by atoms with Gasteiger partial charge in [0.25, 0.3) is 0 Å². The van der Waals surface area contributed by atoms with Crippen LogP contribution in [0.4, 0.5) is 0 Å². The third-order valence-corrected chi connectivity index (χ3v) is 4.67. The molecule has 3 rings (SSSR count). The van der Waals surface area contributed by atoms with Crippen LogP contribution in [-0.2, 0) is 6.54 Å². The molecular weight excluding hydrogens is 306 g/mol. The molecule has 1 aromatic carbocycles. The predicted molar refractivity (Wildman–Crippen MR) is 90.6 cm³/mol. The van der Waals surface area contributed by atoms with Crippen LogP contribution in [-0.4, -0.2) is 46.0 Å². The fourth-order valence-electron chi connectivity index (χ4n) is 3.26. The van der Waals surface area contributed by atoms with E-state index in [4.69, 9.17) is 9.15 Å². The SMILES string of the molecule is CCC(O)C1CCCCN1Cc1nnc(-c2ccc(OC)cc2)o1. The summed E-state index contributed by atoms with van der Waals surface area (Å²) in [4.78, 5) is 2.27. The second-order valence-electron chi connectivity index (χ2n) is 6.24. The number of ether oxygens (including phenoxy) is 1. The lowest BCUT2D eigenvalue weighted by Gasteiger charge is -2.37. The van der Waals surface area contributed by atoms with Crippen LogP contribution in [0.3, 0.4) is 0 Å². The van der Waals surface area contributed by atoms with Crippen molar-refractivity contribution in [3.63, 3.8) is 0 Å². The maximum atomic E-state index is 10.2. The fraction of sp³-hybridized carbons (Fsp3) is 0.556. The highest BCUT2D eigenvalue weighted by atomic mass is 16.5. The van der Waals surface area contributed by atoms with Crippen molar-refractivity contribution in [2.24, 2.45) is 0 Å². The normalized spacial score (nSPS) is 20.0. The molecule has 0 amide bonds. The second-order valence-corrected chi connectivity index (χ2v) is 6.24. The molecule has 1 N–H and O–H groups in total. The zero-order valence-corrected chi connectivity index (χ0v) is 14.3. The van der Waals surface area contributed by atoms with E-state index in [9.17, 15) is 5.11 Å². The van der Waals surface area contributed by atoms with Crippen molar-refractivity contribution in [1.29, 1.82) is 0 Å². The molecule has 0 bridgehead atoms. The molecule has 0 radical (unpaired) electrons. The van der Waals surface area contributed by atoms with Gasteiger partial charge in [-0.25, -0.2) is 0 Å². The van der Waals surface area contributed by atoms with E-state index < -0.39 is 0 Å².